The Balaban J connectivity index is 2.68. The van der Waals surface area contributed by atoms with Gasteiger partial charge in [-0.15, -0.1) is 0 Å². The summed E-state index contributed by atoms with van der Waals surface area (Å²) in [5.74, 6) is 1.03. The SMILES string of the molecule is Cc1c(CSC(C)C)cccc1NC(=O)CCCN. The van der Waals surface area contributed by atoms with Crippen LogP contribution in [0.4, 0.5) is 5.69 Å². The highest BCUT2D eigenvalue weighted by Gasteiger charge is 2.08. The summed E-state index contributed by atoms with van der Waals surface area (Å²) >= 11 is 1.91. The molecule has 1 aromatic carbocycles. The van der Waals surface area contributed by atoms with Crippen molar-refractivity contribution in [1.82, 2.24) is 0 Å². The van der Waals surface area contributed by atoms with Gasteiger partial charge in [0, 0.05) is 17.9 Å². The van der Waals surface area contributed by atoms with Gasteiger partial charge in [0.2, 0.25) is 5.91 Å². The zero-order valence-electron chi connectivity index (χ0n) is 12.0. The molecule has 0 fully saturated rings. The fraction of sp³-hybridized carbons (Fsp3) is 0.533. The molecule has 4 heteroatoms. The second-order valence-corrected chi connectivity index (χ2v) is 6.45. The van der Waals surface area contributed by atoms with Crippen LogP contribution in [-0.2, 0) is 10.5 Å². The first-order valence-electron chi connectivity index (χ1n) is 6.74. The van der Waals surface area contributed by atoms with Gasteiger partial charge < -0.3 is 11.1 Å². The van der Waals surface area contributed by atoms with Crippen LogP contribution in [-0.4, -0.2) is 17.7 Å². The van der Waals surface area contributed by atoms with Gasteiger partial charge in [0.15, 0.2) is 0 Å². The quantitative estimate of drug-likeness (QED) is 0.805. The molecule has 1 rings (SSSR count). The van der Waals surface area contributed by atoms with Crippen LogP contribution in [0.3, 0.4) is 0 Å². The van der Waals surface area contributed by atoms with E-state index in [1.54, 1.807) is 0 Å². The minimum atomic E-state index is 0.0437. The van der Waals surface area contributed by atoms with Crippen molar-refractivity contribution in [1.29, 1.82) is 0 Å². The van der Waals surface area contributed by atoms with Gasteiger partial charge in [-0.05, 0) is 42.3 Å². The summed E-state index contributed by atoms with van der Waals surface area (Å²) in [4.78, 5) is 11.7. The summed E-state index contributed by atoms with van der Waals surface area (Å²) in [5.41, 5.74) is 8.78. The number of carbonyl (C=O) groups is 1. The van der Waals surface area contributed by atoms with E-state index in [1.807, 2.05) is 23.9 Å². The number of anilines is 1. The van der Waals surface area contributed by atoms with Crippen LogP contribution in [0.2, 0.25) is 0 Å². The number of carbonyl (C=O) groups excluding carboxylic acids is 1. The average Bonchev–Trinajstić information content (AvgIpc) is 2.37. The van der Waals surface area contributed by atoms with Crippen LogP contribution in [0, 0.1) is 6.92 Å². The summed E-state index contributed by atoms with van der Waals surface area (Å²) in [6.45, 7) is 7.00. The molecule has 0 bridgehead atoms. The van der Waals surface area contributed by atoms with E-state index in [0.29, 0.717) is 18.2 Å². The fourth-order valence-electron chi connectivity index (χ4n) is 1.71. The third kappa shape index (κ3) is 5.66. The second-order valence-electron chi connectivity index (χ2n) is 4.89. The Hall–Kier alpha value is -1.00. The Kier molecular flexibility index (Phi) is 6.95. The lowest BCUT2D eigenvalue weighted by Gasteiger charge is -2.13. The van der Waals surface area contributed by atoms with Crippen molar-refractivity contribution in [2.45, 2.75) is 44.6 Å². The number of hydrogen-bond donors (Lipinski definition) is 2. The van der Waals surface area contributed by atoms with E-state index in [0.717, 1.165) is 23.4 Å². The Morgan fingerprint density at radius 1 is 1.42 bits per heavy atom. The van der Waals surface area contributed by atoms with Crippen LogP contribution in [0.15, 0.2) is 18.2 Å². The third-order valence-electron chi connectivity index (χ3n) is 2.90. The molecule has 106 valence electrons. The molecule has 0 saturated carbocycles. The zero-order chi connectivity index (χ0) is 14.3. The molecular formula is C15H24N2OS. The Morgan fingerprint density at radius 3 is 2.79 bits per heavy atom. The molecule has 0 aliphatic rings. The Morgan fingerprint density at radius 2 is 2.16 bits per heavy atom. The van der Waals surface area contributed by atoms with E-state index in [4.69, 9.17) is 5.73 Å². The highest BCUT2D eigenvalue weighted by molar-refractivity contribution is 7.99. The molecule has 0 heterocycles. The van der Waals surface area contributed by atoms with Crippen LogP contribution in [0.25, 0.3) is 0 Å². The van der Waals surface area contributed by atoms with Gasteiger partial charge in [0.05, 0.1) is 0 Å². The van der Waals surface area contributed by atoms with E-state index in [9.17, 15) is 4.79 Å². The molecule has 0 radical (unpaired) electrons. The second kappa shape index (κ2) is 8.23. The van der Waals surface area contributed by atoms with E-state index in [1.165, 1.54) is 5.56 Å². The molecule has 0 atom stereocenters. The third-order valence-corrected chi connectivity index (χ3v) is 4.04. The predicted octanol–water partition coefficient (Wildman–Crippen LogP) is 3.31. The fourth-order valence-corrected chi connectivity index (χ4v) is 2.53. The van der Waals surface area contributed by atoms with E-state index >= 15 is 0 Å². The highest BCUT2D eigenvalue weighted by Crippen LogP contribution is 2.24. The maximum Gasteiger partial charge on any atom is 0.224 e. The van der Waals surface area contributed by atoms with Crippen LogP contribution < -0.4 is 11.1 Å². The number of hydrogen-bond acceptors (Lipinski definition) is 3. The maximum absolute atomic E-state index is 11.7. The molecule has 3 nitrogen and oxygen atoms in total. The summed E-state index contributed by atoms with van der Waals surface area (Å²) in [7, 11) is 0. The van der Waals surface area contributed by atoms with Crippen molar-refractivity contribution >= 4 is 23.4 Å². The molecule has 3 N–H and O–H groups in total. The maximum atomic E-state index is 11.7. The first-order valence-corrected chi connectivity index (χ1v) is 7.79. The van der Waals surface area contributed by atoms with Crippen molar-refractivity contribution in [2.75, 3.05) is 11.9 Å². The van der Waals surface area contributed by atoms with Gasteiger partial charge in [-0.25, -0.2) is 0 Å². The Bertz CT molecular complexity index is 419. The molecule has 1 aromatic rings. The molecule has 0 aromatic heterocycles. The van der Waals surface area contributed by atoms with Gasteiger partial charge in [0.25, 0.3) is 0 Å². The van der Waals surface area contributed by atoms with Gasteiger partial charge in [-0.1, -0.05) is 26.0 Å². The number of nitrogens with one attached hydrogen (secondary N) is 1. The van der Waals surface area contributed by atoms with E-state index in [2.05, 4.69) is 32.2 Å². The van der Waals surface area contributed by atoms with Crippen molar-refractivity contribution in [2.24, 2.45) is 5.73 Å². The highest BCUT2D eigenvalue weighted by atomic mass is 32.2. The largest absolute Gasteiger partial charge is 0.330 e. The molecule has 19 heavy (non-hydrogen) atoms. The summed E-state index contributed by atoms with van der Waals surface area (Å²) < 4.78 is 0. The van der Waals surface area contributed by atoms with Crippen LogP contribution >= 0.6 is 11.8 Å². The number of rotatable bonds is 7. The number of amides is 1. The van der Waals surface area contributed by atoms with Gasteiger partial charge in [-0.2, -0.15) is 11.8 Å². The lowest BCUT2D eigenvalue weighted by Crippen LogP contribution is -2.14. The number of benzene rings is 1. The molecule has 0 aliphatic heterocycles. The topological polar surface area (TPSA) is 55.1 Å². The molecule has 0 spiro atoms. The van der Waals surface area contributed by atoms with E-state index < -0.39 is 0 Å². The van der Waals surface area contributed by atoms with Gasteiger partial charge in [0.1, 0.15) is 0 Å². The molecule has 0 aliphatic carbocycles. The standard InChI is InChI=1S/C15H24N2OS/c1-11(2)19-10-13-6-4-7-14(12(13)3)17-15(18)8-5-9-16/h4,6-7,11H,5,8-10,16H2,1-3H3,(H,17,18). The smallest absolute Gasteiger partial charge is 0.224 e. The van der Waals surface area contributed by atoms with Crippen molar-refractivity contribution in [3.8, 4) is 0 Å². The minimum Gasteiger partial charge on any atom is -0.330 e. The summed E-state index contributed by atoms with van der Waals surface area (Å²) in [5, 5.41) is 3.58. The minimum absolute atomic E-state index is 0.0437. The first kappa shape index (κ1) is 16.1. The zero-order valence-corrected chi connectivity index (χ0v) is 12.8. The summed E-state index contributed by atoms with van der Waals surface area (Å²) in [6.07, 6.45) is 1.22. The lowest BCUT2D eigenvalue weighted by molar-refractivity contribution is -0.116. The molecule has 0 unspecified atom stereocenters. The van der Waals surface area contributed by atoms with Gasteiger partial charge >= 0.3 is 0 Å². The average molecular weight is 280 g/mol. The van der Waals surface area contributed by atoms with E-state index in [-0.39, 0.29) is 5.91 Å². The van der Waals surface area contributed by atoms with Crippen LogP contribution in [0.1, 0.15) is 37.8 Å². The van der Waals surface area contributed by atoms with Crippen molar-refractivity contribution in [3.63, 3.8) is 0 Å². The van der Waals surface area contributed by atoms with Crippen molar-refractivity contribution in [3.05, 3.63) is 29.3 Å². The molecular weight excluding hydrogens is 256 g/mol. The van der Waals surface area contributed by atoms with Crippen LogP contribution in [0.5, 0.6) is 0 Å². The monoisotopic (exact) mass is 280 g/mol. The predicted molar refractivity (Wildman–Crippen MR) is 84.5 cm³/mol. The Labute approximate surface area is 120 Å². The van der Waals surface area contributed by atoms with Crippen molar-refractivity contribution < 1.29 is 4.79 Å². The van der Waals surface area contributed by atoms with Gasteiger partial charge in [-0.3, -0.25) is 4.79 Å². The first-order chi connectivity index (χ1) is 9.04. The summed E-state index contributed by atoms with van der Waals surface area (Å²) in [6, 6.07) is 6.08. The number of nitrogens with two attached hydrogens (primary N) is 1. The molecule has 0 saturated heterocycles. The number of thioether (sulfide) groups is 1. The normalized spacial score (nSPS) is 10.8. The molecule has 1 amide bonds. The lowest BCUT2D eigenvalue weighted by atomic mass is 10.1.